The van der Waals surface area contributed by atoms with Crippen LogP contribution < -0.4 is 10.1 Å². The minimum atomic E-state index is 0.00588. The van der Waals surface area contributed by atoms with E-state index in [1.165, 1.54) is 24.0 Å². The summed E-state index contributed by atoms with van der Waals surface area (Å²) in [4.78, 5) is 19.8. The van der Waals surface area contributed by atoms with Crippen LogP contribution in [0.4, 0.5) is 0 Å². The molecule has 1 aliphatic heterocycles. The Kier molecular flexibility index (Phi) is 8.26. The molecular formula is C30H35N3O3. The summed E-state index contributed by atoms with van der Waals surface area (Å²) in [5.74, 6) is 0.821. The fraction of sp³-hybridized carbons (Fsp3) is 0.400. The molecule has 2 heterocycles. The number of ether oxygens (including phenoxy) is 2. The number of nitrogens with zero attached hydrogens (tertiary/aromatic N) is 2. The molecule has 1 amide bonds. The summed E-state index contributed by atoms with van der Waals surface area (Å²) in [6.45, 7) is 4.03. The predicted octanol–water partition coefficient (Wildman–Crippen LogP) is 4.76. The zero-order valence-electron chi connectivity index (χ0n) is 20.8. The molecule has 0 radical (unpaired) electrons. The lowest BCUT2D eigenvalue weighted by molar-refractivity contribution is 0.0754. The van der Waals surface area contributed by atoms with Crippen molar-refractivity contribution in [2.75, 3.05) is 26.4 Å². The van der Waals surface area contributed by atoms with Gasteiger partial charge in [-0.2, -0.15) is 0 Å². The maximum atomic E-state index is 12.9. The van der Waals surface area contributed by atoms with Crippen molar-refractivity contribution in [1.82, 2.24) is 15.2 Å². The number of rotatable bonds is 4. The first-order valence-corrected chi connectivity index (χ1v) is 13.1. The molecular weight excluding hydrogens is 450 g/mol. The lowest BCUT2D eigenvalue weighted by Gasteiger charge is -2.23. The molecule has 3 aromatic rings. The molecule has 1 aromatic heterocycles. The first kappa shape index (κ1) is 24.5. The molecule has 2 aromatic carbocycles. The van der Waals surface area contributed by atoms with Crippen LogP contribution in [0.15, 0.2) is 66.9 Å². The third-order valence-electron chi connectivity index (χ3n) is 6.95. The van der Waals surface area contributed by atoms with Crippen LogP contribution in [-0.2, 0) is 24.2 Å². The van der Waals surface area contributed by atoms with Crippen molar-refractivity contribution < 1.29 is 14.3 Å². The van der Waals surface area contributed by atoms with E-state index in [2.05, 4.69) is 45.5 Å². The van der Waals surface area contributed by atoms with Gasteiger partial charge in [0.05, 0.1) is 18.9 Å². The van der Waals surface area contributed by atoms with Gasteiger partial charge >= 0.3 is 0 Å². The quantitative estimate of drug-likeness (QED) is 0.578. The standard InChI is InChI=1S/C30H35N3O3/c34-30(32-27-8-1-2-9-27)25-11-12-29-26(20-25)19-23-6-5-7-24(18-23)21-33(14-15-35-16-17-36-29)22-28-10-3-4-13-31-28/h3-7,10-13,18,20,27H,1-2,8-9,14-17,19,21-22H2,(H,32,34). The highest BCUT2D eigenvalue weighted by molar-refractivity contribution is 5.94. The Bertz CT molecular complexity index is 1150. The van der Waals surface area contributed by atoms with Gasteiger partial charge < -0.3 is 14.8 Å². The van der Waals surface area contributed by atoms with Crippen LogP contribution in [0, 0.1) is 0 Å². The first-order chi connectivity index (χ1) is 17.7. The Morgan fingerprint density at radius 1 is 0.972 bits per heavy atom. The van der Waals surface area contributed by atoms with Crippen molar-refractivity contribution >= 4 is 5.91 Å². The van der Waals surface area contributed by atoms with E-state index in [-0.39, 0.29) is 5.91 Å². The predicted molar refractivity (Wildman–Crippen MR) is 140 cm³/mol. The van der Waals surface area contributed by atoms with Gasteiger partial charge in [-0.15, -0.1) is 0 Å². The number of pyridine rings is 1. The van der Waals surface area contributed by atoms with Gasteiger partial charge in [0.25, 0.3) is 5.91 Å². The summed E-state index contributed by atoms with van der Waals surface area (Å²) < 4.78 is 12.0. The minimum Gasteiger partial charge on any atom is -0.491 e. The molecule has 0 saturated heterocycles. The Morgan fingerprint density at radius 3 is 2.72 bits per heavy atom. The Labute approximate surface area is 213 Å². The molecule has 1 aliphatic carbocycles. The average molecular weight is 486 g/mol. The second-order valence-corrected chi connectivity index (χ2v) is 9.77. The lowest BCUT2D eigenvalue weighted by atomic mass is 9.99. The van der Waals surface area contributed by atoms with Crippen LogP contribution in [0.25, 0.3) is 0 Å². The molecule has 1 fully saturated rings. The Balaban J connectivity index is 1.36. The van der Waals surface area contributed by atoms with E-state index in [0.29, 0.717) is 37.8 Å². The summed E-state index contributed by atoms with van der Waals surface area (Å²) in [7, 11) is 0. The van der Waals surface area contributed by atoms with Crippen LogP contribution in [-0.4, -0.2) is 48.2 Å². The van der Waals surface area contributed by atoms with Gasteiger partial charge in [-0.05, 0) is 59.9 Å². The Morgan fingerprint density at radius 2 is 1.86 bits per heavy atom. The topological polar surface area (TPSA) is 63.7 Å². The molecule has 5 rings (SSSR count). The van der Waals surface area contributed by atoms with Crippen molar-refractivity contribution in [3.63, 3.8) is 0 Å². The highest BCUT2D eigenvalue weighted by Crippen LogP contribution is 2.25. The number of nitrogens with one attached hydrogen (secondary N) is 1. The maximum Gasteiger partial charge on any atom is 0.251 e. The minimum absolute atomic E-state index is 0.00588. The van der Waals surface area contributed by atoms with Gasteiger partial charge in [-0.25, -0.2) is 0 Å². The normalized spacial score (nSPS) is 17.6. The van der Waals surface area contributed by atoms with Crippen LogP contribution in [0.1, 0.15) is 58.4 Å². The number of hydrogen-bond acceptors (Lipinski definition) is 5. The van der Waals surface area contributed by atoms with E-state index in [4.69, 9.17) is 9.47 Å². The maximum absolute atomic E-state index is 12.9. The molecule has 6 heteroatoms. The summed E-state index contributed by atoms with van der Waals surface area (Å²) in [5.41, 5.74) is 5.22. The number of amides is 1. The van der Waals surface area contributed by atoms with E-state index in [9.17, 15) is 4.79 Å². The molecule has 0 atom stereocenters. The van der Waals surface area contributed by atoms with Crippen molar-refractivity contribution in [2.24, 2.45) is 0 Å². The number of carbonyl (C=O) groups excluding carboxylic acids is 1. The summed E-state index contributed by atoms with van der Waals surface area (Å²) >= 11 is 0. The van der Waals surface area contributed by atoms with Crippen LogP contribution in [0.3, 0.4) is 0 Å². The van der Waals surface area contributed by atoms with Gasteiger partial charge in [-0.3, -0.25) is 14.7 Å². The molecule has 1 saturated carbocycles. The summed E-state index contributed by atoms with van der Waals surface area (Å²) in [6.07, 6.45) is 7.08. The second-order valence-electron chi connectivity index (χ2n) is 9.77. The van der Waals surface area contributed by atoms with Crippen LogP contribution >= 0.6 is 0 Å². The zero-order chi connectivity index (χ0) is 24.6. The van der Waals surface area contributed by atoms with Gasteiger partial charge in [0.15, 0.2) is 0 Å². The fourth-order valence-electron chi connectivity index (χ4n) is 5.10. The van der Waals surface area contributed by atoms with Crippen LogP contribution in [0.2, 0.25) is 0 Å². The molecule has 0 unspecified atom stereocenters. The Hall–Kier alpha value is -3.22. The SMILES string of the molecule is O=C(NC1CCCC1)c1ccc2c(c1)Cc1cccc(c1)CN(Cc1ccccn1)CCOCCO2. The first-order valence-electron chi connectivity index (χ1n) is 13.1. The van der Waals surface area contributed by atoms with E-state index >= 15 is 0 Å². The van der Waals surface area contributed by atoms with Crippen molar-refractivity contribution in [1.29, 1.82) is 0 Å². The number of fused-ring (bicyclic) bond motifs is 3. The molecule has 1 N–H and O–H groups in total. The molecule has 2 bridgehead atoms. The third-order valence-corrected chi connectivity index (χ3v) is 6.95. The van der Waals surface area contributed by atoms with E-state index < -0.39 is 0 Å². The van der Waals surface area contributed by atoms with Crippen LogP contribution in [0.5, 0.6) is 5.75 Å². The van der Waals surface area contributed by atoms with Crippen molar-refractivity contribution in [3.05, 3.63) is 94.8 Å². The number of carbonyl (C=O) groups is 1. The largest absolute Gasteiger partial charge is 0.491 e. The van der Waals surface area contributed by atoms with Crippen molar-refractivity contribution in [3.8, 4) is 5.75 Å². The van der Waals surface area contributed by atoms with E-state index in [0.717, 1.165) is 49.5 Å². The lowest BCUT2D eigenvalue weighted by Crippen LogP contribution is -2.32. The molecule has 188 valence electrons. The highest BCUT2D eigenvalue weighted by Gasteiger charge is 2.19. The van der Waals surface area contributed by atoms with E-state index in [1.807, 2.05) is 36.5 Å². The fourth-order valence-corrected chi connectivity index (χ4v) is 5.10. The number of benzene rings is 2. The number of aromatic nitrogens is 1. The monoisotopic (exact) mass is 485 g/mol. The smallest absolute Gasteiger partial charge is 0.251 e. The van der Waals surface area contributed by atoms with Gasteiger partial charge in [-0.1, -0.05) is 43.2 Å². The second kappa shape index (κ2) is 12.2. The zero-order valence-corrected chi connectivity index (χ0v) is 20.8. The van der Waals surface area contributed by atoms with Gasteiger partial charge in [0, 0.05) is 43.9 Å². The summed E-state index contributed by atoms with van der Waals surface area (Å²) in [5, 5.41) is 3.21. The van der Waals surface area contributed by atoms with Gasteiger partial charge in [0.2, 0.25) is 0 Å². The average Bonchev–Trinajstić information content (AvgIpc) is 3.40. The molecule has 36 heavy (non-hydrogen) atoms. The molecule has 2 aliphatic rings. The molecule has 0 spiro atoms. The highest BCUT2D eigenvalue weighted by atomic mass is 16.5. The van der Waals surface area contributed by atoms with E-state index in [1.54, 1.807) is 0 Å². The molecule has 6 nitrogen and oxygen atoms in total. The summed E-state index contributed by atoms with van der Waals surface area (Å²) in [6, 6.07) is 20.8. The number of hydrogen-bond donors (Lipinski definition) is 1. The van der Waals surface area contributed by atoms with Crippen molar-refractivity contribution in [2.45, 2.75) is 51.2 Å². The third kappa shape index (κ3) is 6.71. The van der Waals surface area contributed by atoms with Gasteiger partial charge in [0.1, 0.15) is 12.4 Å².